The molecule has 13 heteroatoms. The van der Waals surface area contributed by atoms with Crippen LogP contribution in [0.5, 0.6) is 0 Å². The molecule has 5 rings (SSSR count). The van der Waals surface area contributed by atoms with Crippen LogP contribution in [0.15, 0.2) is 78.1 Å². The molecule has 0 saturated carbocycles. The van der Waals surface area contributed by atoms with Gasteiger partial charge in [-0.15, -0.1) is 10.2 Å². The SMILES string of the molecule is O=C(Nc1cnns1)[C@H](Cc1ccccc1)n1cnc(-c2cc(Cl)ccc2-n2cc(Cl)nn2)cc1=O. The third-order valence-electron chi connectivity index (χ3n) is 5.30. The van der Waals surface area contributed by atoms with E-state index < -0.39 is 11.6 Å². The Morgan fingerprint density at radius 1 is 1.11 bits per heavy atom. The number of amides is 1. The van der Waals surface area contributed by atoms with Crippen molar-refractivity contribution >= 4 is 45.6 Å². The number of aromatic nitrogens is 7. The van der Waals surface area contributed by atoms with E-state index in [2.05, 4.69) is 30.2 Å². The van der Waals surface area contributed by atoms with E-state index in [0.29, 0.717) is 27.0 Å². The molecule has 0 unspecified atom stereocenters. The van der Waals surface area contributed by atoms with Gasteiger partial charge in [-0.1, -0.05) is 63.2 Å². The lowest BCUT2D eigenvalue weighted by atomic mass is 10.0. The molecule has 2 aromatic carbocycles. The highest BCUT2D eigenvalue weighted by molar-refractivity contribution is 7.10. The molecule has 0 spiro atoms. The van der Waals surface area contributed by atoms with Gasteiger partial charge < -0.3 is 5.32 Å². The molecule has 0 aliphatic carbocycles. The summed E-state index contributed by atoms with van der Waals surface area (Å²) in [5.41, 5.74) is 1.95. The van der Waals surface area contributed by atoms with E-state index in [-0.39, 0.29) is 17.5 Å². The minimum atomic E-state index is -0.864. The molecule has 1 amide bonds. The number of halogens is 2. The van der Waals surface area contributed by atoms with Gasteiger partial charge in [0.15, 0.2) is 5.15 Å². The molecule has 10 nitrogen and oxygen atoms in total. The largest absolute Gasteiger partial charge is 0.313 e. The molecule has 1 atom stereocenters. The Labute approximate surface area is 218 Å². The molecular weight excluding hydrogens is 523 g/mol. The van der Waals surface area contributed by atoms with Gasteiger partial charge in [0.25, 0.3) is 5.56 Å². The zero-order valence-electron chi connectivity index (χ0n) is 18.3. The molecule has 0 aliphatic rings. The Hall–Kier alpha value is -3.93. The smallest absolute Gasteiger partial charge is 0.254 e. The minimum Gasteiger partial charge on any atom is -0.313 e. The summed E-state index contributed by atoms with van der Waals surface area (Å²) in [5.74, 6) is -0.387. The summed E-state index contributed by atoms with van der Waals surface area (Å²) in [4.78, 5) is 31.0. The van der Waals surface area contributed by atoms with Gasteiger partial charge in [-0.25, -0.2) is 9.67 Å². The molecule has 0 radical (unpaired) electrons. The highest BCUT2D eigenvalue weighted by Crippen LogP contribution is 2.28. The average molecular weight is 539 g/mol. The predicted molar refractivity (Wildman–Crippen MR) is 137 cm³/mol. The summed E-state index contributed by atoms with van der Waals surface area (Å²) in [5, 5.41) is 15.4. The van der Waals surface area contributed by atoms with E-state index in [1.54, 1.807) is 18.2 Å². The Balaban J connectivity index is 1.54. The Kier molecular flexibility index (Phi) is 6.85. The van der Waals surface area contributed by atoms with Crippen molar-refractivity contribution in [3.63, 3.8) is 0 Å². The number of hydrogen-bond acceptors (Lipinski definition) is 8. The fourth-order valence-electron chi connectivity index (χ4n) is 3.65. The normalized spacial score (nSPS) is 11.8. The standard InChI is InChI=1S/C23H16Cl2N8O2S/c24-15-6-7-18(33-12-20(25)29-30-33)16(9-15)17-10-22(34)32(13-26-17)19(8-14-4-2-1-3-5-14)23(35)28-21-11-27-31-36-21/h1-7,9-13,19H,8H2,(H,28,35)/t19-/m0/s1. The third-order valence-corrected chi connectivity index (χ3v) is 6.29. The Morgan fingerprint density at radius 3 is 2.64 bits per heavy atom. The second-order valence-corrected chi connectivity index (χ2v) is 9.25. The first-order chi connectivity index (χ1) is 17.5. The van der Waals surface area contributed by atoms with Crippen LogP contribution in [-0.4, -0.2) is 40.0 Å². The van der Waals surface area contributed by atoms with Crippen molar-refractivity contribution in [3.05, 3.63) is 99.4 Å². The molecule has 180 valence electrons. The summed E-state index contributed by atoms with van der Waals surface area (Å²) in [6, 6.07) is 15.0. The summed E-state index contributed by atoms with van der Waals surface area (Å²) in [6.07, 6.45) is 4.61. The van der Waals surface area contributed by atoms with Crippen LogP contribution in [0.2, 0.25) is 10.2 Å². The molecule has 5 aromatic rings. The van der Waals surface area contributed by atoms with Crippen molar-refractivity contribution in [1.29, 1.82) is 0 Å². The minimum absolute atomic E-state index is 0.213. The number of nitrogens with zero attached hydrogens (tertiary/aromatic N) is 7. The molecule has 3 heterocycles. The fourth-order valence-corrected chi connectivity index (χ4v) is 4.37. The average Bonchev–Trinajstić information content (AvgIpc) is 3.55. The molecular formula is C23H16Cl2N8O2S. The topological polar surface area (TPSA) is 120 Å². The van der Waals surface area contributed by atoms with Crippen LogP contribution in [0.1, 0.15) is 11.6 Å². The lowest BCUT2D eigenvalue weighted by Gasteiger charge is -2.19. The molecule has 0 aliphatic heterocycles. The van der Waals surface area contributed by atoms with Crippen LogP contribution in [0.4, 0.5) is 5.00 Å². The molecule has 0 bridgehead atoms. The van der Waals surface area contributed by atoms with E-state index >= 15 is 0 Å². The Bertz CT molecular complexity index is 1570. The number of anilines is 1. The quantitative estimate of drug-likeness (QED) is 0.331. The van der Waals surface area contributed by atoms with Crippen LogP contribution in [-0.2, 0) is 11.2 Å². The maximum absolute atomic E-state index is 13.3. The molecule has 36 heavy (non-hydrogen) atoms. The number of carbonyl (C=O) groups is 1. The lowest BCUT2D eigenvalue weighted by molar-refractivity contribution is -0.119. The highest BCUT2D eigenvalue weighted by Gasteiger charge is 2.24. The number of nitrogens with one attached hydrogen (secondary N) is 1. The summed E-state index contributed by atoms with van der Waals surface area (Å²) in [6.45, 7) is 0. The zero-order chi connectivity index (χ0) is 25.1. The van der Waals surface area contributed by atoms with E-state index in [1.807, 2.05) is 30.3 Å². The maximum atomic E-state index is 13.3. The lowest BCUT2D eigenvalue weighted by Crippen LogP contribution is -2.34. The van der Waals surface area contributed by atoms with Crippen molar-refractivity contribution < 1.29 is 4.79 Å². The van der Waals surface area contributed by atoms with Crippen molar-refractivity contribution in [1.82, 2.24) is 34.1 Å². The van der Waals surface area contributed by atoms with Gasteiger partial charge in [-0.3, -0.25) is 14.2 Å². The Morgan fingerprint density at radius 2 is 1.94 bits per heavy atom. The fraction of sp³-hybridized carbons (Fsp3) is 0.0870. The van der Waals surface area contributed by atoms with Crippen molar-refractivity contribution in [3.8, 4) is 16.9 Å². The second kappa shape index (κ2) is 10.4. The monoisotopic (exact) mass is 538 g/mol. The van der Waals surface area contributed by atoms with Crippen molar-refractivity contribution in [2.24, 2.45) is 0 Å². The molecule has 1 N–H and O–H groups in total. The first kappa shape index (κ1) is 23.8. The van der Waals surface area contributed by atoms with Crippen LogP contribution < -0.4 is 10.9 Å². The zero-order valence-corrected chi connectivity index (χ0v) is 20.7. The van der Waals surface area contributed by atoms with Crippen LogP contribution in [0.25, 0.3) is 16.9 Å². The van der Waals surface area contributed by atoms with Crippen molar-refractivity contribution in [2.75, 3.05) is 5.32 Å². The van der Waals surface area contributed by atoms with Gasteiger partial charge in [0.1, 0.15) is 11.0 Å². The second-order valence-electron chi connectivity index (χ2n) is 7.64. The van der Waals surface area contributed by atoms with E-state index in [9.17, 15) is 9.59 Å². The van der Waals surface area contributed by atoms with Crippen LogP contribution >= 0.6 is 34.7 Å². The molecule has 0 fully saturated rings. The predicted octanol–water partition coefficient (Wildman–Crippen LogP) is 4.07. The number of benzene rings is 2. The first-order valence-corrected chi connectivity index (χ1v) is 12.1. The molecule has 0 saturated heterocycles. The van der Waals surface area contributed by atoms with Gasteiger partial charge >= 0.3 is 0 Å². The van der Waals surface area contributed by atoms with Gasteiger partial charge in [-0.05, 0) is 23.8 Å². The maximum Gasteiger partial charge on any atom is 0.254 e. The van der Waals surface area contributed by atoms with E-state index in [1.165, 1.54) is 34.0 Å². The van der Waals surface area contributed by atoms with Crippen LogP contribution in [0, 0.1) is 0 Å². The number of rotatable bonds is 7. The van der Waals surface area contributed by atoms with Gasteiger partial charge in [0, 0.05) is 34.6 Å². The summed E-state index contributed by atoms with van der Waals surface area (Å²) >= 11 is 13.2. The molecule has 3 aromatic heterocycles. The third kappa shape index (κ3) is 5.18. The summed E-state index contributed by atoms with van der Waals surface area (Å²) in [7, 11) is 0. The van der Waals surface area contributed by atoms with Crippen LogP contribution in [0.3, 0.4) is 0 Å². The van der Waals surface area contributed by atoms with E-state index in [4.69, 9.17) is 23.2 Å². The summed E-state index contributed by atoms with van der Waals surface area (Å²) < 4.78 is 6.53. The van der Waals surface area contributed by atoms with Gasteiger partial charge in [0.05, 0.1) is 30.1 Å². The van der Waals surface area contributed by atoms with Gasteiger partial charge in [0.2, 0.25) is 5.91 Å². The number of hydrogen-bond donors (Lipinski definition) is 1. The van der Waals surface area contributed by atoms with E-state index in [0.717, 1.165) is 17.1 Å². The van der Waals surface area contributed by atoms with Gasteiger partial charge in [-0.2, -0.15) is 0 Å². The number of carbonyl (C=O) groups excluding carboxylic acids is 1. The van der Waals surface area contributed by atoms with Crippen molar-refractivity contribution in [2.45, 2.75) is 12.5 Å². The first-order valence-electron chi connectivity index (χ1n) is 10.6. The highest BCUT2D eigenvalue weighted by atomic mass is 35.5.